The lowest BCUT2D eigenvalue weighted by Crippen LogP contribution is -2.30. The molecule has 0 amide bonds. The first kappa shape index (κ1) is 15.6. The van der Waals surface area contributed by atoms with Crippen LogP contribution < -0.4 is 5.32 Å². The third kappa shape index (κ3) is 3.76. The Hall–Kier alpha value is -1.44. The zero-order chi connectivity index (χ0) is 14.6. The van der Waals surface area contributed by atoms with Crippen molar-refractivity contribution in [2.24, 2.45) is 0 Å². The minimum atomic E-state index is -4.71. The smallest absolute Gasteiger partial charge is 0.389 e. The van der Waals surface area contributed by atoms with Crippen molar-refractivity contribution >= 4 is 6.29 Å². The molecule has 0 saturated heterocycles. The highest BCUT2D eigenvalue weighted by atomic mass is 19.4. The average molecular weight is 277 g/mol. The topological polar surface area (TPSA) is 69.6 Å². The van der Waals surface area contributed by atoms with E-state index in [1.54, 1.807) is 0 Å². The van der Waals surface area contributed by atoms with Crippen molar-refractivity contribution in [3.63, 3.8) is 0 Å². The molecule has 1 rings (SSSR count). The van der Waals surface area contributed by atoms with E-state index in [1.165, 1.54) is 7.05 Å². The van der Waals surface area contributed by atoms with Crippen LogP contribution in [0.1, 0.15) is 27.6 Å². The molecule has 3 N–H and O–H groups in total. The monoisotopic (exact) mass is 277 g/mol. The van der Waals surface area contributed by atoms with Gasteiger partial charge in [-0.05, 0) is 18.7 Å². The van der Waals surface area contributed by atoms with E-state index in [0.29, 0.717) is 6.07 Å². The molecule has 106 valence electrons. The number of aliphatic hydroxyl groups is 2. The van der Waals surface area contributed by atoms with Crippen molar-refractivity contribution in [2.45, 2.75) is 18.4 Å². The van der Waals surface area contributed by atoms with E-state index in [1.807, 2.05) is 0 Å². The van der Waals surface area contributed by atoms with Crippen LogP contribution in [0.5, 0.6) is 0 Å². The van der Waals surface area contributed by atoms with Gasteiger partial charge in [0.2, 0.25) is 0 Å². The molecule has 0 saturated carbocycles. The highest BCUT2D eigenvalue weighted by Gasteiger charge is 2.36. The van der Waals surface area contributed by atoms with Crippen LogP contribution in [-0.4, -0.2) is 36.2 Å². The highest BCUT2D eigenvalue weighted by Crippen LogP contribution is 2.35. The Morgan fingerprint density at radius 1 is 1.37 bits per heavy atom. The molecular formula is C12H14F3NO3. The van der Waals surface area contributed by atoms with Gasteiger partial charge < -0.3 is 15.5 Å². The predicted octanol–water partition coefficient (Wildman–Crippen LogP) is 1.13. The standard InChI is InChI=1S/C12H14F3NO3/c1-16-5-10(18)11(19)8-3-2-7(6-17)4-9(8)12(13,14)15/h2-4,6,10-11,16,18-19H,5H2,1H3. The van der Waals surface area contributed by atoms with Crippen molar-refractivity contribution in [3.05, 3.63) is 34.9 Å². The molecule has 0 radical (unpaired) electrons. The molecule has 0 heterocycles. The minimum absolute atomic E-state index is 0.0616. The summed E-state index contributed by atoms with van der Waals surface area (Å²) in [5.74, 6) is 0. The second-order valence-corrected chi connectivity index (χ2v) is 4.03. The van der Waals surface area contributed by atoms with Crippen LogP contribution in [0.25, 0.3) is 0 Å². The average Bonchev–Trinajstić information content (AvgIpc) is 2.36. The van der Waals surface area contributed by atoms with Gasteiger partial charge in [0.15, 0.2) is 0 Å². The summed E-state index contributed by atoms with van der Waals surface area (Å²) in [6.07, 6.45) is -7.50. The molecule has 1 aromatic carbocycles. The van der Waals surface area contributed by atoms with Crippen molar-refractivity contribution in [1.82, 2.24) is 5.32 Å². The van der Waals surface area contributed by atoms with Gasteiger partial charge in [0.1, 0.15) is 12.4 Å². The van der Waals surface area contributed by atoms with E-state index >= 15 is 0 Å². The van der Waals surface area contributed by atoms with E-state index in [2.05, 4.69) is 5.32 Å². The lowest BCUT2D eigenvalue weighted by atomic mass is 9.96. The van der Waals surface area contributed by atoms with Crippen molar-refractivity contribution < 1.29 is 28.2 Å². The first-order chi connectivity index (χ1) is 8.81. The fourth-order valence-electron chi connectivity index (χ4n) is 1.68. The number of carbonyl (C=O) groups excluding carboxylic acids is 1. The van der Waals surface area contributed by atoms with Crippen LogP contribution in [0.3, 0.4) is 0 Å². The second kappa shape index (κ2) is 6.14. The van der Waals surface area contributed by atoms with Gasteiger partial charge in [-0.1, -0.05) is 12.1 Å². The molecule has 7 heteroatoms. The first-order valence-electron chi connectivity index (χ1n) is 5.48. The summed E-state index contributed by atoms with van der Waals surface area (Å²) in [7, 11) is 1.50. The molecule has 2 unspecified atom stereocenters. The molecule has 19 heavy (non-hydrogen) atoms. The van der Waals surface area contributed by atoms with Crippen LogP contribution in [-0.2, 0) is 6.18 Å². The maximum Gasteiger partial charge on any atom is 0.416 e. The Labute approximate surface area is 107 Å². The SMILES string of the molecule is CNCC(O)C(O)c1ccc(C=O)cc1C(F)(F)F. The van der Waals surface area contributed by atoms with Crippen molar-refractivity contribution in [3.8, 4) is 0 Å². The van der Waals surface area contributed by atoms with Gasteiger partial charge in [0, 0.05) is 12.1 Å². The molecule has 0 aliphatic carbocycles. The molecule has 2 atom stereocenters. The van der Waals surface area contributed by atoms with E-state index in [9.17, 15) is 28.2 Å². The molecule has 0 spiro atoms. The van der Waals surface area contributed by atoms with Crippen LogP contribution in [0.4, 0.5) is 13.2 Å². The largest absolute Gasteiger partial charge is 0.416 e. The number of rotatable bonds is 5. The van der Waals surface area contributed by atoms with Gasteiger partial charge in [-0.15, -0.1) is 0 Å². The summed E-state index contributed by atoms with van der Waals surface area (Å²) in [4.78, 5) is 10.5. The number of aliphatic hydroxyl groups excluding tert-OH is 2. The van der Waals surface area contributed by atoms with Crippen LogP contribution in [0, 0.1) is 0 Å². The normalized spacial score (nSPS) is 15.1. The zero-order valence-electron chi connectivity index (χ0n) is 10.1. The highest BCUT2D eigenvalue weighted by molar-refractivity contribution is 5.75. The van der Waals surface area contributed by atoms with Crippen molar-refractivity contribution in [2.75, 3.05) is 13.6 Å². The maximum absolute atomic E-state index is 12.9. The summed E-state index contributed by atoms with van der Waals surface area (Å²) in [5, 5.41) is 21.8. The summed E-state index contributed by atoms with van der Waals surface area (Å²) >= 11 is 0. The molecular weight excluding hydrogens is 263 g/mol. The number of benzene rings is 1. The fraction of sp³-hybridized carbons (Fsp3) is 0.417. The first-order valence-corrected chi connectivity index (χ1v) is 5.48. The summed E-state index contributed by atoms with van der Waals surface area (Å²) in [6.45, 7) is -0.0616. The second-order valence-electron chi connectivity index (χ2n) is 4.03. The third-order valence-electron chi connectivity index (χ3n) is 2.62. The Morgan fingerprint density at radius 2 is 2.00 bits per heavy atom. The Kier molecular flexibility index (Phi) is 5.04. The fourth-order valence-corrected chi connectivity index (χ4v) is 1.68. The molecule has 1 aromatic rings. The van der Waals surface area contributed by atoms with Gasteiger partial charge in [-0.2, -0.15) is 13.2 Å². The summed E-state index contributed by atoms with van der Waals surface area (Å²) < 4.78 is 38.6. The number of aldehydes is 1. The minimum Gasteiger partial charge on any atom is -0.389 e. The predicted molar refractivity (Wildman–Crippen MR) is 61.7 cm³/mol. The number of halogens is 3. The maximum atomic E-state index is 12.9. The van der Waals surface area contributed by atoms with Gasteiger partial charge in [0.25, 0.3) is 0 Å². The molecule has 0 fully saturated rings. The number of carbonyl (C=O) groups is 1. The third-order valence-corrected chi connectivity index (χ3v) is 2.62. The number of alkyl halides is 3. The quantitative estimate of drug-likeness (QED) is 0.706. The summed E-state index contributed by atoms with van der Waals surface area (Å²) in [6, 6.07) is 2.81. The molecule has 4 nitrogen and oxygen atoms in total. The molecule has 0 aliphatic heterocycles. The molecule has 0 aliphatic rings. The Bertz CT molecular complexity index is 448. The number of likely N-dealkylation sites (N-methyl/N-ethyl adjacent to an activating group) is 1. The van der Waals surface area contributed by atoms with E-state index in [4.69, 9.17) is 0 Å². The summed E-state index contributed by atoms with van der Waals surface area (Å²) in [5.41, 5.74) is -1.73. The number of hydrogen-bond acceptors (Lipinski definition) is 4. The van der Waals surface area contributed by atoms with Crippen LogP contribution in [0.15, 0.2) is 18.2 Å². The van der Waals surface area contributed by atoms with Crippen LogP contribution in [0.2, 0.25) is 0 Å². The van der Waals surface area contributed by atoms with Gasteiger partial charge >= 0.3 is 6.18 Å². The zero-order valence-corrected chi connectivity index (χ0v) is 10.1. The number of hydrogen-bond donors (Lipinski definition) is 3. The van der Waals surface area contributed by atoms with E-state index < -0.39 is 29.5 Å². The Morgan fingerprint density at radius 3 is 2.47 bits per heavy atom. The molecule has 0 aromatic heterocycles. The lowest BCUT2D eigenvalue weighted by Gasteiger charge is -2.22. The van der Waals surface area contributed by atoms with Gasteiger partial charge in [-0.25, -0.2) is 0 Å². The van der Waals surface area contributed by atoms with Gasteiger partial charge in [-0.3, -0.25) is 4.79 Å². The van der Waals surface area contributed by atoms with Crippen LogP contribution >= 0.6 is 0 Å². The lowest BCUT2D eigenvalue weighted by molar-refractivity contribution is -0.139. The van der Waals surface area contributed by atoms with Crippen molar-refractivity contribution in [1.29, 1.82) is 0 Å². The molecule has 0 bridgehead atoms. The Balaban J connectivity index is 3.23. The number of nitrogens with one attached hydrogen (secondary N) is 1. The van der Waals surface area contributed by atoms with E-state index in [-0.39, 0.29) is 18.4 Å². The van der Waals surface area contributed by atoms with Gasteiger partial charge in [0.05, 0.1) is 11.7 Å². The van der Waals surface area contributed by atoms with E-state index in [0.717, 1.165) is 12.1 Å².